The van der Waals surface area contributed by atoms with E-state index in [9.17, 15) is 17.2 Å². The van der Waals surface area contributed by atoms with Crippen LogP contribution in [0.2, 0.25) is 0 Å². The molecule has 0 spiro atoms. The summed E-state index contributed by atoms with van der Waals surface area (Å²) in [5.74, 6) is -3.42. The minimum absolute atomic E-state index is 0.0315. The number of sulfone groups is 1. The van der Waals surface area contributed by atoms with Gasteiger partial charge in [0.1, 0.15) is 0 Å². The van der Waals surface area contributed by atoms with Gasteiger partial charge in [-0.05, 0) is 31.4 Å². The van der Waals surface area contributed by atoms with E-state index in [0.717, 1.165) is 12.8 Å². The number of halogens is 2. The number of benzene rings is 1. The lowest BCUT2D eigenvalue weighted by Gasteiger charge is -2.17. The lowest BCUT2D eigenvalue weighted by atomic mass is 10.2. The van der Waals surface area contributed by atoms with E-state index in [1.807, 2.05) is 0 Å². The van der Waals surface area contributed by atoms with Crippen molar-refractivity contribution in [1.29, 1.82) is 0 Å². The molecular weight excluding hydrogens is 274 g/mol. The molecule has 1 aromatic rings. The van der Waals surface area contributed by atoms with Crippen molar-refractivity contribution in [3.8, 4) is 0 Å². The molecule has 1 aromatic carbocycles. The number of hydrogen-bond acceptors (Lipinski definition) is 4. The van der Waals surface area contributed by atoms with Gasteiger partial charge in [0.25, 0.3) is 0 Å². The van der Waals surface area contributed by atoms with Crippen molar-refractivity contribution in [1.82, 2.24) is 0 Å². The van der Waals surface area contributed by atoms with E-state index in [1.165, 1.54) is 18.2 Å². The molecule has 4 nitrogen and oxygen atoms in total. The van der Waals surface area contributed by atoms with Gasteiger partial charge in [-0.2, -0.15) is 8.78 Å². The van der Waals surface area contributed by atoms with Crippen molar-refractivity contribution < 1.29 is 17.2 Å². The summed E-state index contributed by atoms with van der Waals surface area (Å²) in [6, 6.07) is 5.85. The predicted molar refractivity (Wildman–Crippen MR) is 68.9 cm³/mol. The van der Waals surface area contributed by atoms with Gasteiger partial charge >= 0.3 is 5.76 Å². The summed E-state index contributed by atoms with van der Waals surface area (Å²) < 4.78 is 48.4. The number of alkyl halides is 2. The first-order valence-corrected chi connectivity index (χ1v) is 7.59. The number of nitrogens with one attached hydrogen (secondary N) is 1. The van der Waals surface area contributed by atoms with Crippen molar-refractivity contribution in [2.75, 3.05) is 5.32 Å². The van der Waals surface area contributed by atoms with Crippen LogP contribution < -0.4 is 11.1 Å². The van der Waals surface area contributed by atoms with Crippen LogP contribution in [0.4, 0.5) is 14.5 Å². The molecule has 1 aliphatic carbocycles. The summed E-state index contributed by atoms with van der Waals surface area (Å²) in [7, 11) is -4.59. The highest BCUT2D eigenvalue weighted by molar-refractivity contribution is 7.91. The summed E-state index contributed by atoms with van der Waals surface area (Å²) in [4.78, 5) is -0.356. The van der Waals surface area contributed by atoms with Crippen LogP contribution in [0.15, 0.2) is 29.2 Å². The zero-order chi connectivity index (χ0) is 14.0. The topological polar surface area (TPSA) is 72.2 Å². The summed E-state index contributed by atoms with van der Waals surface area (Å²) in [5.41, 5.74) is 6.00. The van der Waals surface area contributed by atoms with Crippen molar-refractivity contribution in [3.05, 3.63) is 24.3 Å². The number of para-hydroxylation sites is 1. The Kier molecular flexibility index (Phi) is 4.05. The summed E-state index contributed by atoms with van der Waals surface area (Å²) >= 11 is 0. The van der Waals surface area contributed by atoms with Crippen LogP contribution in [-0.2, 0) is 9.84 Å². The standard InChI is InChI=1S/C12H16F2N2O2S/c13-12(14)19(17,18)11-4-2-1-3-10(11)16-9-6-5-8(15)7-9/h1-4,8-9,12,16H,5-7,15H2. The van der Waals surface area contributed by atoms with E-state index in [0.29, 0.717) is 6.42 Å². The minimum atomic E-state index is -4.59. The van der Waals surface area contributed by atoms with Crippen LogP contribution in [0, 0.1) is 0 Å². The fourth-order valence-electron chi connectivity index (χ4n) is 2.30. The Labute approximate surface area is 110 Å². The second-order valence-corrected chi connectivity index (χ2v) is 6.60. The molecule has 1 fully saturated rings. The molecule has 0 aliphatic heterocycles. The Morgan fingerprint density at radius 1 is 1.26 bits per heavy atom. The van der Waals surface area contributed by atoms with Crippen LogP contribution in [0.25, 0.3) is 0 Å². The molecule has 2 rings (SSSR count). The molecular formula is C12H16F2N2O2S. The second-order valence-electron chi connectivity index (χ2n) is 4.72. The Morgan fingerprint density at radius 3 is 2.53 bits per heavy atom. The van der Waals surface area contributed by atoms with Crippen LogP contribution in [0.5, 0.6) is 0 Å². The number of hydrogen-bond donors (Lipinski definition) is 2. The first-order chi connectivity index (χ1) is 8.91. The summed E-state index contributed by atoms with van der Waals surface area (Å²) in [5, 5.41) is 3.01. The highest BCUT2D eigenvalue weighted by Crippen LogP contribution is 2.29. The van der Waals surface area contributed by atoms with E-state index in [4.69, 9.17) is 5.73 Å². The highest BCUT2D eigenvalue weighted by atomic mass is 32.2. The fraction of sp³-hybridized carbons (Fsp3) is 0.500. The van der Waals surface area contributed by atoms with Crippen LogP contribution in [0.3, 0.4) is 0 Å². The van der Waals surface area contributed by atoms with Gasteiger partial charge in [0.15, 0.2) is 0 Å². The zero-order valence-electron chi connectivity index (χ0n) is 10.2. The molecule has 0 saturated heterocycles. The van der Waals surface area contributed by atoms with Gasteiger partial charge in [-0.1, -0.05) is 12.1 Å². The van der Waals surface area contributed by atoms with Crippen LogP contribution in [-0.4, -0.2) is 26.3 Å². The molecule has 0 heterocycles. The molecule has 7 heteroatoms. The Hall–Kier alpha value is -1.21. The van der Waals surface area contributed by atoms with Crippen LogP contribution >= 0.6 is 0 Å². The fourth-order valence-corrected chi connectivity index (χ4v) is 3.19. The first-order valence-electron chi connectivity index (χ1n) is 6.04. The normalized spacial score (nSPS) is 23.8. The molecule has 2 atom stereocenters. The third kappa shape index (κ3) is 3.03. The molecule has 2 unspecified atom stereocenters. The lowest BCUT2D eigenvalue weighted by Crippen LogP contribution is -2.22. The average Bonchev–Trinajstić information content (AvgIpc) is 2.75. The van der Waals surface area contributed by atoms with Gasteiger partial charge in [0.2, 0.25) is 9.84 Å². The van der Waals surface area contributed by atoms with Gasteiger partial charge in [0.05, 0.1) is 10.6 Å². The Bertz CT molecular complexity index is 548. The number of rotatable bonds is 4. The van der Waals surface area contributed by atoms with Gasteiger partial charge in [-0.25, -0.2) is 8.42 Å². The van der Waals surface area contributed by atoms with E-state index in [1.54, 1.807) is 6.07 Å². The van der Waals surface area contributed by atoms with Crippen molar-refractivity contribution in [3.63, 3.8) is 0 Å². The minimum Gasteiger partial charge on any atom is -0.381 e. The molecule has 106 valence electrons. The molecule has 1 saturated carbocycles. The first kappa shape index (κ1) is 14.2. The van der Waals surface area contributed by atoms with E-state index >= 15 is 0 Å². The SMILES string of the molecule is NC1CCC(Nc2ccccc2S(=O)(=O)C(F)F)C1. The monoisotopic (exact) mass is 290 g/mol. The third-order valence-electron chi connectivity index (χ3n) is 3.26. The van der Waals surface area contributed by atoms with Gasteiger partial charge in [0, 0.05) is 12.1 Å². The van der Waals surface area contributed by atoms with Gasteiger partial charge < -0.3 is 11.1 Å². The second kappa shape index (κ2) is 5.42. The molecule has 0 aromatic heterocycles. The van der Waals surface area contributed by atoms with E-state index in [-0.39, 0.29) is 22.7 Å². The van der Waals surface area contributed by atoms with Crippen molar-refractivity contribution in [2.24, 2.45) is 5.73 Å². The smallest absolute Gasteiger partial charge is 0.341 e. The molecule has 0 bridgehead atoms. The molecule has 0 amide bonds. The van der Waals surface area contributed by atoms with E-state index in [2.05, 4.69) is 5.32 Å². The molecule has 3 N–H and O–H groups in total. The quantitative estimate of drug-likeness (QED) is 0.889. The number of nitrogens with two attached hydrogens (primary N) is 1. The highest BCUT2D eigenvalue weighted by Gasteiger charge is 2.30. The Morgan fingerprint density at radius 2 is 1.95 bits per heavy atom. The van der Waals surface area contributed by atoms with Gasteiger partial charge in [-0.3, -0.25) is 0 Å². The third-order valence-corrected chi connectivity index (χ3v) is 4.70. The molecule has 1 aliphatic rings. The average molecular weight is 290 g/mol. The summed E-state index contributed by atoms with van der Waals surface area (Å²) in [6.07, 6.45) is 2.37. The lowest BCUT2D eigenvalue weighted by molar-refractivity contribution is 0.235. The van der Waals surface area contributed by atoms with Crippen molar-refractivity contribution in [2.45, 2.75) is 42.0 Å². The van der Waals surface area contributed by atoms with Crippen molar-refractivity contribution >= 4 is 15.5 Å². The summed E-state index contributed by atoms with van der Waals surface area (Å²) in [6.45, 7) is 0. The predicted octanol–water partition coefficient (Wildman–Crippen LogP) is 1.97. The maximum absolute atomic E-state index is 12.6. The van der Waals surface area contributed by atoms with Crippen LogP contribution in [0.1, 0.15) is 19.3 Å². The molecule has 0 radical (unpaired) electrons. The maximum atomic E-state index is 12.6. The molecule has 19 heavy (non-hydrogen) atoms. The van der Waals surface area contributed by atoms with Gasteiger partial charge in [-0.15, -0.1) is 0 Å². The Balaban J connectivity index is 2.27. The number of anilines is 1. The van der Waals surface area contributed by atoms with E-state index < -0.39 is 15.6 Å². The maximum Gasteiger partial charge on any atom is 0.341 e. The largest absolute Gasteiger partial charge is 0.381 e. The zero-order valence-corrected chi connectivity index (χ0v) is 11.0.